The van der Waals surface area contributed by atoms with Gasteiger partial charge in [-0.1, -0.05) is 37.1 Å². The lowest BCUT2D eigenvalue weighted by molar-refractivity contribution is -0.110. The molecule has 0 heterocycles. The first-order valence-electron chi connectivity index (χ1n) is 5.83. The van der Waals surface area contributed by atoms with E-state index in [9.17, 15) is 4.79 Å². The minimum atomic E-state index is -0.439. The molecule has 0 bridgehead atoms. The van der Waals surface area contributed by atoms with E-state index in [-0.39, 0.29) is 0 Å². The Bertz CT molecular complexity index is 372. The first-order valence-corrected chi connectivity index (χ1v) is 5.83. The molecule has 2 N–H and O–H groups in total. The minimum absolute atomic E-state index is 0.439. The number of unbranched alkanes of at least 4 members (excludes halogenated alkanes) is 2. The van der Waals surface area contributed by atoms with Crippen LogP contribution < -0.4 is 5.32 Å². The van der Waals surface area contributed by atoms with E-state index in [1.807, 2.05) is 24.3 Å². The van der Waals surface area contributed by atoms with E-state index in [0.717, 1.165) is 12.6 Å². The molecular weight excluding hydrogens is 216 g/mol. The molecule has 1 amide bonds. The second-order valence-electron chi connectivity index (χ2n) is 3.89. The molecule has 0 aliphatic heterocycles. The van der Waals surface area contributed by atoms with Gasteiger partial charge in [0.25, 0.3) is 5.91 Å². The number of oxime groups is 1. The van der Waals surface area contributed by atoms with E-state index in [2.05, 4.69) is 17.4 Å². The van der Waals surface area contributed by atoms with Crippen molar-refractivity contribution < 1.29 is 10.0 Å². The third-order valence-corrected chi connectivity index (χ3v) is 2.47. The van der Waals surface area contributed by atoms with Crippen LogP contribution in [-0.4, -0.2) is 17.3 Å². The molecule has 0 aliphatic carbocycles. The molecule has 0 spiro atoms. The van der Waals surface area contributed by atoms with Gasteiger partial charge in [-0.25, -0.2) is 0 Å². The van der Waals surface area contributed by atoms with Crippen LogP contribution in [0.2, 0.25) is 0 Å². The number of aryl methyl sites for hydroxylation is 1. The van der Waals surface area contributed by atoms with Gasteiger partial charge >= 0.3 is 0 Å². The van der Waals surface area contributed by atoms with Gasteiger partial charge in [0.2, 0.25) is 0 Å². The van der Waals surface area contributed by atoms with Gasteiger partial charge in [-0.15, -0.1) is 0 Å². The summed E-state index contributed by atoms with van der Waals surface area (Å²) in [5, 5.41) is 13.4. The topological polar surface area (TPSA) is 61.7 Å². The largest absolute Gasteiger partial charge is 0.411 e. The Hall–Kier alpha value is -1.84. The second kappa shape index (κ2) is 7.44. The molecule has 1 aromatic carbocycles. The van der Waals surface area contributed by atoms with Gasteiger partial charge in [-0.2, -0.15) is 0 Å². The lowest BCUT2D eigenvalue weighted by atomic mass is 10.1. The Morgan fingerprint density at radius 3 is 2.65 bits per heavy atom. The third-order valence-electron chi connectivity index (χ3n) is 2.47. The monoisotopic (exact) mass is 234 g/mol. The van der Waals surface area contributed by atoms with Crippen LogP contribution in [0.15, 0.2) is 29.4 Å². The molecule has 4 nitrogen and oxygen atoms in total. The number of anilines is 1. The summed E-state index contributed by atoms with van der Waals surface area (Å²) in [6.07, 6.45) is 5.55. The van der Waals surface area contributed by atoms with Gasteiger partial charge in [0.1, 0.15) is 6.21 Å². The fourth-order valence-corrected chi connectivity index (χ4v) is 1.56. The molecule has 0 aliphatic rings. The van der Waals surface area contributed by atoms with E-state index in [0.29, 0.717) is 5.69 Å². The lowest BCUT2D eigenvalue weighted by Crippen LogP contribution is -2.12. The summed E-state index contributed by atoms with van der Waals surface area (Å²) in [6.45, 7) is 2.18. The van der Waals surface area contributed by atoms with Crippen molar-refractivity contribution in [1.29, 1.82) is 0 Å². The Morgan fingerprint density at radius 1 is 1.35 bits per heavy atom. The van der Waals surface area contributed by atoms with Gasteiger partial charge in [0, 0.05) is 5.69 Å². The average Bonchev–Trinajstić information content (AvgIpc) is 2.32. The molecule has 1 aromatic rings. The maximum absolute atomic E-state index is 11.1. The summed E-state index contributed by atoms with van der Waals surface area (Å²) >= 11 is 0. The van der Waals surface area contributed by atoms with Crippen LogP contribution in [-0.2, 0) is 11.2 Å². The average molecular weight is 234 g/mol. The van der Waals surface area contributed by atoms with E-state index in [1.165, 1.54) is 24.8 Å². The van der Waals surface area contributed by atoms with Gasteiger partial charge in [-0.3, -0.25) is 4.79 Å². The highest BCUT2D eigenvalue weighted by Crippen LogP contribution is 2.12. The molecule has 92 valence electrons. The molecular formula is C13H18N2O2. The fraction of sp³-hybridized carbons (Fsp3) is 0.385. The number of nitrogens with one attached hydrogen (secondary N) is 1. The van der Waals surface area contributed by atoms with Crippen molar-refractivity contribution in [3.63, 3.8) is 0 Å². The molecule has 0 unspecified atom stereocenters. The number of hydrogen-bond acceptors (Lipinski definition) is 3. The highest BCUT2D eigenvalue weighted by molar-refractivity contribution is 6.31. The van der Waals surface area contributed by atoms with Crippen LogP contribution >= 0.6 is 0 Å². The van der Waals surface area contributed by atoms with Crippen LogP contribution in [0, 0.1) is 0 Å². The zero-order valence-corrected chi connectivity index (χ0v) is 10.0. The summed E-state index contributed by atoms with van der Waals surface area (Å²) in [5.74, 6) is -0.439. The Balaban J connectivity index is 2.47. The number of benzene rings is 1. The van der Waals surface area contributed by atoms with Crippen molar-refractivity contribution in [3.05, 3.63) is 29.8 Å². The fourth-order valence-electron chi connectivity index (χ4n) is 1.56. The van der Waals surface area contributed by atoms with Crippen LogP contribution in [0.5, 0.6) is 0 Å². The number of carbonyl (C=O) groups excluding carboxylic acids is 1. The van der Waals surface area contributed by atoms with E-state index in [1.54, 1.807) is 0 Å². The standard InChI is InChI=1S/C13H18N2O2/c1-2-3-4-5-11-6-8-12(9-7-11)15-13(16)10-14-17/h6-10,17H,2-5H2,1H3,(H,15,16)/b14-10+. The molecule has 1 rings (SSSR count). The quantitative estimate of drug-likeness (QED) is 0.344. The highest BCUT2D eigenvalue weighted by atomic mass is 16.4. The number of carbonyl (C=O) groups is 1. The van der Waals surface area contributed by atoms with Crippen LogP contribution in [0.4, 0.5) is 5.69 Å². The summed E-state index contributed by atoms with van der Waals surface area (Å²) in [6, 6.07) is 7.71. The highest BCUT2D eigenvalue weighted by Gasteiger charge is 1.99. The predicted molar refractivity (Wildman–Crippen MR) is 68.6 cm³/mol. The van der Waals surface area contributed by atoms with Crippen molar-refractivity contribution in [1.82, 2.24) is 0 Å². The van der Waals surface area contributed by atoms with Crippen molar-refractivity contribution in [2.75, 3.05) is 5.32 Å². The molecule has 0 aromatic heterocycles. The van der Waals surface area contributed by atoms with Crippen molar-refractivity contribution in [2.45, 2.75) is 32.6 Å². The third kappa shape index (κ3) is 5.15. The number of hydrogen-bond donors (Lipinski definition) is 2. The Kier molecular flexibility index (Phi) is 5.79. The smallest absolute Gasteiger partial charge is 0.270 e. The van der Waals surface area contributed by atoms with E-state index in [4.69, 9.17) is 5.21 Å². The Morgan fingerprint density at radius 2 is 2.06 bits per heavy atom. The first kappa shape index (κ1) is 13.2. The lowest BCUT2D eigenvalue weighted by Gasteiger charge is -2.04. The summed E-state index contributed by atoms with van der Waals surface area (Å²) in [5.41, 5.74) is 1.97. The van der Waals surface area contributed by atoms with Crippen LogP contribution in [0.1, 0.15) is 31.7 Å². The van der Waals surface area contributed by atoms with E-state index >= 15 is 0 Å². The van der Waals surface area contributed by atoms with E-state index < -0.39 is 5.91 Å². The minimum Gasteiger partial charge on any atom is -0.411 e. The maximum Gasteiger partial charge on any atom is 0.270 e. The molecule has 0 atom stereocenters. The number of amides is 1. The predicted octanol–water partition coefficient (Wildman–Crippen LogP) is 2.82. The SMILES string of the molecule is CCCCCc1ccc(NC(=O)/C=N/O)cc1. The van der Waals surface area contributed by atoms with Crippen molar-refractivity contribution >= 4 is 17.8 Å². The molecule has 17 heavy (non-hydrogen) atoms. The summed E-state index contributed by atoms with van der Waals surface area (Å²) in [7, 11) is 0. The summed E-state index contributed by atoms with van der Waals surface area (Å²) in [4.78, 5) is 11.1. The maximum atomic E-state index is 11.1. The number of rotatable bonds is 6. The molecule has 4 heteroatoms. The normalized spacial score (nSPS) is 10.6. The zero-order chi connectivity index (χ0) is 12.5. The van der Waals surface area contributed by atoms with Crippen LogP contribution in [0.3, 0.4) is 0 Å². The summed E-state index contributed by atoms with van der Waals surface area (Å²) < 4.78 is 0. The second-order valence-corrected chi connectivity index (χ2v) is 3.89. The molecule has 0 saturated carbocycles. The van der Waals surface area contributed by atoms with Gasteiger partial charge < -0.3 is 10.5 Å². The van der Waals surface area contributed by atoms with Crippen molar-refractivity contribution in [3.8, 4) is 0 Å². The zero-order valence-electron chi connectivity index (χ0n) is 10.0. The molecule has 0 fully saturated rings. The Labute approximate surface area is 101 Å². The van der Waals surface area contributed by atoms with Gasteiger partial charge in [-0.05, 0) is 30.5 Å². The molecule has 0 saturated heterocycles. The van der Waals surface area contributed by atoms with Gasteiger partial charge in [0.15, 0.2) is 0 Å². The molecule has 0 radical (unpaired) electrons. The van der Waals surface area contributed by atoms with Crippen molar-refractivity contribution in [2.24, 2.45) is 5.16 Å². The van der Waals surface area contributed by atoms with Gasteiger partial charge in [0.05, 0.1) is 0 Å². The number of nitrogens with zero attached hydrogens (tertiary/aromatic N) is 1. The van der Waals surface area contributed by atoms with Crippen LogP contribution in [0.25, 0.3) is 0 Å². The first-order chi connectivity index (χ1) is 8.26.